The Labute approximate surface area is 126 Å². The Hall–Kier alpha value is -2.20. The molecule has 4 heteroatoms. The van der Waals surface area contributed by atoms with E-state index < -0.39 is 5.97 Å². The molecule has 1 N–H and O–H groups in total. The van der Waals surface area contributed by atoms with Gasteiger partial charge in [-0.1, -0.05) is 36.4 Å². The zero-order chi connectivity index (χ0) is 14.7. The van der Waals surface area contributed by atoms with Crippen LogP contribution in [0, 0.1) is 0 Å². The van der Waals surface area contributed by atoms with Gasteiger partial charge in [-0.25, -0.2) is 4.79 Å². The van der Waals surface area contributed by atoms with Gasteiger partial charge in [-0.2, -0.15) is 11.8 Å². The molecular weight excluding hydrogens is 284 g/mol. The average molecular weight is 298 g/mol. The molecular formula is C17H14O3S. The summed E-state index contributed by atoms with van der Waals surface area (Å²) >= 11 is 1.83. The fourth-order valence-electron chi connectivity index (χ4n) is 2.15. The van der Waals surface area contributed by atoms with Crippen LogP contribution in [0.4, 0.5) is 0 Å². The maximum Gasteiger partial charge on any atom is 0.371 e. The Bertz CT molecular complexity index is 762. The minimum absolute atomic E-state index is 0.0147. The van der Waals surface area contributed by atoms with Gasteiger partial charge in [-0.3, -0.25) is 0 Å². The number of rotatable bonds is 5. The summed E-state index contributed by atoms with van der Waals surface area (Å²) < 4.78 is 5.25. The van der Waals surface area contributed by atoms with E-state index in [4.69, 9.17) is 9.52 Å². The third kappa shape index (κ3) is 3.28. The van der Waals surface area contributed by atoms with Gasteiger partial charge in [0.05, 0.1) is 0 Å². The molecule has 106 valence electrons. The molecule has 0 amide bonds. The number of carboxylic acids is 1. The summed E-state index contributed by atoms with van der Waals surface area (Å²) in [5, 5.41) is 9.76. The van der Waals surface area contributed by atoms with Crippen LogP contribution in [0.3, 0.4) is 0 Å². The molecule has 0 aliphatic heterocycles. The van der Waals surface area contributed by atoms with E-state index in [1.165, 1.54) is 11.1 Å². The Balaban J connectivity index is 1.68. The molecule has 0 saturated heterocycles. The average Bonchev–Trinajstić information content (AvgIpc) is 2.92. The van der Waals surface area contributed by atoms with Crippen LogP contribution in [0.5, 0.6) is 0 Å². The van der Waals surface area contributed by atoms with Crippen molar-refractivity contribution >= 4 is 28.7 Å². The number of carbonyl (C=O) groups is 1. The number of hydrogen-bond acceptors (Lipinski definition) is 3. The van der Waals surface area contributed by atoms with Crippen LogP contribution < -0.4 is 0 Å². The molecule has 3 rings (SSSR count). The molecule has 3 nitrogen and oxygen atoms in total. The number of benzene rings is 2. The van der Waals surface area contributed by atoms with Gasteiger partial charge in [0.25, 0.3) is 0 Å². The van der Waals surface area contributed by atoms with Crippen LogP contribution >= 0.6 is 11.8 Å². The maximum atomic E-state index is 10.9. The van der Waals surface area contributed by atoms with Gasteiger partial charge in [0.15, 0.2) is 0 Å². The van der Waals surface area contributed by atoms with Crippen LogP contribution in [0.15, 0.2) is 59.0 Å². The number of hydrogen-bond donors (Lipinski definition) is 1. The summed E-state index contributed by atoms with van der Waals surface area (Å²) in [4.78, 5) is 10.9. The first-order valence-electron chi connectivity index (χ1n) is 6.60. The zero-order valence-corrected chi connectivity index (χ0v) is 12.1. The maximum absolute atomic E-state index is 10.9. The summed E-state index contributed by atoms with van der Waals surface area (Å²) in [5.41, 5.74) is 3.09. The molecule has 0 bridgehead atoms. The molecule has 1 heterocycles. The molecule has 0 saturated carbocycles. The predicted molar refractivity (Wildman–Crippen MR) is 84.6 cm³/mol. The van der Waals surface area contributed by atoms with E-state index >= 15 is 0 Å². The number of thioether (sulfide) groups is 1. The van der Waals surface area contributed by atoms with Crippen molar-refractivity contribution in [2.45, 2.75) is 11.5 Å². The highest BCUT2D eigenvalue weighted by Crippen LogP contribution is 2.24. The minimum atomic E-state index is -1.04. The fourth-order valence-corrected chi connectivity index (χ4v) is 3.09. The van der Waals surface area contributed by atoms with E-state index in [9.17, 15) is 4.79 Å². The lowest BCUT2D eigenvalue weighted by atomic mass is 10.2. The monoisotopic (exact) mass is 298 g/mol. The lowest BCUT2D eigenvalue weighted by Gasteiger charge is -2.02. The second kappa shape index (κ2) is 6.06. The molecule has 21 heavy (non-hydrogen) atoms. The van der Waals surface area contributed by atoms with Crippen LogP contribution in [0.1, 0.15) is 21.7 Å². The van der Waals surface area contributed by atoms with Crippen molar-refractivity contribution in [1.82, 2.24) is 0 Å². The number of carboxylic acid groups (broad SMARTS) is 1. The Morgan fingerprint density at radius 1 is 1.00 bits per heavy atom. The lowest BCUT2D eigenvalue weighted by molar-refractivity contribution is 0.0665. The highest BCUT2D eigenvalue weighted by Gasteiger charge is 2.10. The van der Waals surface area contributed by atoms with Crippen molar-refractivity contribution < 1.29 is 14.3 Å². The molecule has 0 aliphatic carbocycles. The normalized spacial score (nSPS) is 10.9. The third-order valence-electron chi connectivity index (χ3n) is 3.17. The van der Waals surface area contributed by atoms with Gasteiger partial charge in [-0.05, 0) is 29.3 Å². The van der Waals surface area contributed by atoms with Crippen LogP contribution in [0.25, 0.3) is 11.0 Å². The smallest absolute Gasteiger partial charge is 0.371 e. The topological polar surface area (TPSA) is 50.4 Å². The largest absolute Gasteiger partial charge is 0.475 e. The summed E-state index contributed by atoms with van der Waals surface area (Å²) in [6.45, 7) is 0. The fraction of sp³-hybridized carbons (Fsp3) is 0.118. The van der Waals surface area contributed by atoms with E-state index in [1.807, 2.05) is 48.2 Å². The van der Waals surface area contributed by atoms with E-state index in [2.05, 4.69) is 12.1 Å². The summed E-state index contributed by atoms with van der Waals surface area (Å²) in [6, 6.07) is 17.7. The van der Waals surface area contributed by atoms with Crippen molar-refractivity contribution in [3.8, 4) is 0 Å². The summed E-state index contributed by atoms with van der Waals surface area (Å²) in [5.74, 6) is 0.800. The quantitative estimate of drug-likeness (QED) is 0.750. The number of fused-ring (bicyclic) bond motifs is 1. The summed E-state index contributed by atoms with van der Waals surface area (Å²) in [7, 11) is 0. The van der Waals surface area contributed by atoms with Crippen molar-refractivity contribution in [3.63, 3.8) is 0 Å². The Morgan fingerprint density at radius 3 is 2.52 bits per heavy atom. The Morgan fingerprint density at radius 2 is 1.76 bits per heavy atom. The van der Waals surface area contributed by atoms with Gasteiger partial charge in [0.1, 0.15) is 5.58 Å². The van der Waals surface area contributed by atoms with Gasteiger partial charge < -0.3 is 9.52 Å². The lowest BCUT2D eigenvalue weighted by Crippen LogP contribution is -1.91. The van der Waals surface area contributed by atoms with Gasteiger partial charge in [-0.15, -0.1) is 0 Å². The number of aromatic carboxylic acids is 1. The molecule has 0 atom stereocenters. The van der Waals surface area contributed by atoms with Crippen molar-refractivity contribution in [2.24, 2.45) is 0 Å². The molecule has 0 fully saturated rings. The van der Waals surface area contributed by atoms with Crippen molar-refractivity contribution in [3.05, 3.63) is 71.5 Å². The highest BCUT2D eigenvalue weighted by molar-refractivity contribution is 7.97. The van der Waals surface area contributed by atoms with Crippen molar-refractivity contribution in [2.75, 3.05) is 0 Å². The second-order valence-corrected chi connectivity index (χ2v) is 5.75. The second-order valence-electron chi connectivity index (χ2n) is 4.77. The van der Waals surface area contributed by atoms with Gasteiger partial charge in [0.2, 0.25) is 5.76 Å². The van der Waals surface area contributed by atoms with Crippen LogP contribution in [0.2, 0.25) is 0 Å². The highest BCUT2D eigenvalue weighted by atomic mass is 32.2. The summed E-state index contributed by atoms with van der Waals surface area (Å²) in [6.07, 6.45) is 0. The van der Waals surface area contributed by atoms with Gasteiger partial charge in [0, 0.05) is 16.9 Å². The molecule has 1 aromatic heterocycles. The minimum Gasteiger partial charge on any atom is -0.475 e. The van der Waals surface area contributed by atoms with E-state index in [-0.39, 0.29) is 5.76 Å². The third-order valence-corrected chi connectivity index (χ3v) is 4.25. The standard InChI is InChI=1S/C17H14O3S/c18-17(19)16-9-14-8-13(6-7-15(14)20-16)11-21-10-12-4-2-1-3-5-12/h1-9H,10-11H2,(H,18,19). The van der Waals surface area contributed by atoms with Crippen molar-refractivity contribution in [1.29, 1.82) is 0 Å². The van der Waals surface area contributed by atoms with E-state index in [0.29, 0.717) is 5.58 Å². The molecule has 0 spiro atoms. The zero-order valence-electron chi connectivity index (χ0n) is 11.3. The van der Waals surface area contributed by atoms with E-state index in [0.717, 1.165) is 16.9 Å². The molecule has 0 radical (unpaired) electrons. The molecule has 3 aromatic rings. The molecule has 0 aliphatic rings. The first kappa shape index (κ1) is 13.8. The SMILES string of the molecule is O=C(O)c1cc2cc(CSCc3ccccc3)ccc2o1. The molecule has 0 unspecified atom stereocenters. The molecule has 2 aromatic carbocycles. The number of furan rings is 1. The van der Waals surface area contributed by atoms with E-state index in [1.54, 1.807) is 6.07 Å². The van der Waals surface area contributed by atoms with Crippen LogP contribution in [-0.2, 0) is 11.5 Å². The van der Waals surface area contributed by atoms with Crippen LogP contribution in [-0.4, -0.2) is 11.1 Å². The first-order chi connectivity index (χ1) is 10.2. The predicted octanol–water partition coefficient (Wildman–Crippen LogP) is 4.56. The van der Waals surface area contributed by atoms with Gasteiger partial charge >= 0.3 is 5.97 Å². The Kier molecular flexibility index (Phi) is 3.97. The first-order valence-corrected chi connectivity index (χ1v) is 7.75.